The van der Waals surface area contributed by atoms with Crippen molar-refractivity contribution in [2.45, 2.75) is 19.4 Å². The minimum atomic E-state index is 0.105. The highest BCUT2D eigenvalue weighted by Gasteiger charge is 2.09. The molecule has 0 bridgehead atoms. The number of benzene rings is 1. The van der Waals surface area contributed by atoms with Gasteiger partial charge in [-0.3, -0.25) is 0 Å². The molecular formula is C13H16N2. The molecule has 0 aliphatic rings. The fourth-order valence-electron chi connectivity index (χ4n) is 1.38. The van der Waals surface area contributed by atoms with E-state index < -0.39 is 0 Å². The first kappa shape index (κ1) is 11.5. The summed E-state index contributed by atoms with van der Waals surface area (Å²) in [6, 6.07) is 12.3. The van der Waals surface area contributed by atoms with Crippen molar-refractivity contribution in [1.82, 2.24) is 5.32 Å². The second kappa shape index (κ2) is 6.00. The van der Waals surface area contributed by atoms with Crippen LogP contribution in [-0.4, -0.2) is 6.54 Å². The fourth-order valence-corrected chi connectivity index (χ4v) is 1.38. The maximum Gasteiger partial charge on any atom is 0.0641 e. The van der Waals surface area contributed by atoms with E-state index in [1.54, 1.807) is 0 Å². The van der Waals surface area contributed by atoms with Crippen molar-refractivity contribution in [1.29, 1.82) is 5.26 Å². The molecule has 0 heterocycles. The molecule has 1 aromatic rings. The van der Waals surface area contributed by atoms with E-state index in [0.717, 1.165) is 17.7 Å². The van der Waals surface area contributed by atoms with Crippen LogP contribution in [0.25, 0.3) is 0 Å². The van der Waals surface area contributed by atoms with Crippen LogP contribution in [0.4, 0.5) is 0 Å². The Balaban J connectivity index is 2.66. The van der Waals surface area contributed by atoms with Crippen molar-refractivity contribution in [2.24, 2.45) is 0 Å². The molecule has 0 saturated heterocycles. The summed E-state index contributed by atoms with van der Waals surface area (Å²) >= 11 is 0. The smallest absolute Gasteiger partial charge is 0.0641 e. The standard InChI is InChI=1S/C13H16N2/c1-11(2)10-15-13(8-9-14)12-6-4-3-5-7-12/h3-7,13,15H,1,8,10H2,2H3. The molecule has 2 nitrogen and oxygen atoms in total. The number of nitrogens with one attached hydrogen (secondary N) is 1. The van der Waals surface area contributed by atoms with E-state index in [1.807, 2.05) is 37.3 Å². The van der Waals surface area contributed by atoms with Gasteiger partial charge in [-0.15, -0.1) is 0 Å². The van der Waals surface area contributed by atoms with E-state index in [0.29, 0.717) is 6.42 Å². The van der Waals surface area contributed by atoms with Gasteiger partial charge in [-0.1, -0.05) is 42.5 Å². The third-order valence-corrected chi connectivity index (χ3v) is 2.15. The van der Waals surface area contributed by atoms with Crippen molar-refractivity contribution < 1.29 is 0 Å². The van der Waals surface area contributed by atoms with E-state index in [-0.39, 0.29) is 6.04 Å². The molecular weight excluding hydrogens is 184 g/mol. The molecule has 2 heteroatoms. The summed E-state index contributed by atoms with van der Waals surface area (Å²) in [4.78, 5) is 0. The third-order valence-electron chi connectivity index (χ3n) is 2.15. The Morgan fingerprint density at radius 1 is 1.47 bits per heavy atom. The van der Waals surface area contributed by atoms with Crippen LogP contribution in [0.15, 0.2) is 42.5 Å². The molecule has 0 aliphatic heterocycles. The molecule has 0 amide bonds. The van der Waals surface area contributed by atoms with Crippen molar-refractivity contribution in [3.63, 3.8) is 0 Å². The zero-order valence-corrected chi connectivity index (χ0v) is 9.03. The van der Waals surface area contributed by atoms with Gasteiger partial charge in [-0.25, -0.2) is 0 Å². The molecule has 0 spiro atoms. The fraction of sp³-hybridized carbons (Fsp3) is 0.308. The molecule has 0 saturated carbocycles. The summed E-state index contributed by atoms with van der Waals surface area (Å²) < 4.78 is 0. The van der Waals surface area contributed by atoms with Gasteiger partial charge in [0.15, 0.2) is 0 Å². The van der Waals surface area contributed by atoms with Crippen LogP contribution in [0.5, 0.6) is 0 Å². The first-order chi connectivity index (χ1) is 7.24. The van der Waals surface area contributed by atoms with Gasteiger partial charge in [0.25, 0.3) is 0 Å². The van der Waals surface area contributed by atoms with Crippen molar-refractivity contribution >= 4 is 0 Å². The van der Waals surface area contributed by atoms with Gasteiger partial charge in [0.1, 0.15) is 0 Å². The molecule has 1 rings (SSSR count). The molecule has 1 aromatic carbocycles. The van der Waals surface area contributed by atoms with Crippen LogP contribution in [-0.2, 0) is 0 Å². The highest BCUT2D eigenvalue weighted by Crippen LogP contribution is 2.15. The second-order valence-corrected chi connectivity index (χ2v) is 3.66. The Labute approximate surface area is 91.2 Å². The molecule has 0 fully saturated rings. The Morgan fingerprint density at radius 2 is 2.13 bits per heavy atom. The Kier molecular flexibility index (Phi) is 4.59. The van der Waals surface area contributed by atoms with Crippen LogP contribution in [0.1, 0.15) is 24.9 Å². The number of hydrogen-bond donors (Lipinski definition) is 1. The largest absolute Gasteiger partial charge is 0.305 e. The minimum Gasteiger partial charge on any atom is -0.305 e. The monoisotopic (exact) mass is 200 g/mol. The Hall–Kier alpha value is -1.59. The van der Waals surface area contributed by atoms with Gasteiger partial charge in [0, 0.05) is 12.6 Å². The molecule has 15 heavy (non-hydrogen) atoms. The molecule has 1 N–H and O–H groups in total. The lowest BCUT2D eigenvalue weighted by atomic mass is 10.0. The van der Waals surface area contributed by atoms with Crippen molar-refractivity contribution in [2.75, 3.05) is 6.54 Å². The molecule has 78 valence electrons. The third kappa shape index (κ3) is 3.97. The number of rotatable bonds is 5. The SMILES string of the molecule is C=C(C)CNC(CC#N)c1ccccc1. The highest BCUT2D eigenvalue weighted by atomic mass is 14.9. The zero-order valence-electron chi connectivity index (χ0n) is 9.03. The van der Waals surface area contributed by atoms with E-state index in [4.69, 9.17) is 5.26 Å². The lowest BCUT2D eigenvalue weighted by Gasteiger charge is -2.16. The molecule has 1 atom stereocenters. The van der Waals surface area contributed by atoms with Crippen LogP contribution < -0.4 is 5.32 Å². The quantitative estimate of drug-likeness (QED) is 0.742. The minimum absolute atomic E-state index is 0.105. The van der Waals surface area contributed by atoms with Gasteiger partial charge in [0.2, 0.25) is 0 Å². The van der Waals surface area contributed by atoms with E-state index in [2.05, 4.69) is 18.0 Å². The van der Waals surface area contributed by atoms with Crippen LogP contribution in [0, 0.1) is 11.3 Å². The average molecular weight is 200 g/mol. The predicted octanol–water partition coefficient (Wildman–Crippen LogP) is 2.81. The average Bonchev–Trinajstić information content (AvgIpc) is 2.25. The van der Waals surface area contributed by atoms with Gasteiger partial charge >= 0.3 is 0 Å². The molecule has 0 radical (unpaired) electrons. The second-order valence-electron chi connectivity index (χ2n) is 3.66. The number of nitrogens with zero attached hydrogens (tertiary/aromatic N) is 1. The van der Waals surface area contributed by atoms with Gasteiger partial charge in [0.05, 0.1) is 12.5 Å². The van der Waals surface area contributed by atoms with E-state index >= 15 is 0 Å². The number of nitriles is 1. The number of hydrogen-bond acceptors (Lipinski definition) is 2. The van der Waals surface area contributed by atoms with E-state index in [1.165, 1.54) is 0 Å². The van der Waals surface area contributed by atoms with Gasteiger partial charge < -0.3 is 5.32 Å². The van der Waals surface area contributed by atoms with Crippen LogP contribution in [0.2, 0.25) is 0 Å². The topological polar surface area (TPSA) is 35.8 Å². The maximum atomic E-state index is 8.75. The predicted molar refractivity (Wildman–Crippen MR) is 62.2 cm³/mol. The van der Waals surface area contributed by atoms with Crippen molar-refractivity contribution in [3.05, 3.63) is 48.0 Å². The summed E-state index contributed by atoms with van der Waals surface area (Å²) in [7, 11) is 0. The zero-order chi connectivity index (χ0) is 11.1. The highest BCUT2D eigenvalue weighted by molar-refractivity contribution is 5.20. The van der Waals surface area contributed by atoms with Crippen LogP contribution in [0.3, 0.4) is 0 Å². The first-order valence-corrected chi connectivity index (χ1v) is 5.03. The molecule has 0 aromatic heterocycles. The van der Waals surface area contributed by atoms with Gasteiger partial charge in [-0.05, 0) is 12.5 Å². The Bertz CT molecular complexity index is 349. The van der Waals surface area contributed by atoms with Crippen LogP contribution >= 0.6 is 0 Å². The van der Waals surface area contributed by atoms with Crippen molar-refractivity contribution in [3.8, 4) is 6.07 Å². The summed E-state index contributed by atoms with van der Waals surface area (Å²) in [5.74, 6) is 0. The lowest BCUT2D eigenvalue weighted by Crippen LogP contribution is -2.22. The maximum absolute atomic E-state index is 8.75. The normalized spacial score (nSPS) is 11.7. The first-order valence-electron chi connectivity index (χ1n) is 5.03. The molecule has 0 aliphatic carbocycles. The lowest BCUT2D eigenvalue weighted by molar-refractivity contribution is 0.571. The summed E-state index contributed by atoms with van der Waals surface area (Å²) in [6.45, 7) is 6.56. The summed E-state index contributed by atoms with van der Waals surface area (Å²) in [5, 5.41) is 12.1. The Morgan fingerprint density at radius 3 is 2.67 bits per heavy atom. The summed E-state index contributed by atoms with van der Waals surface area (Å²) in [6.07, 6.45) is 0.483. The summed E-state index contributed by atoms with van der Waals surface area (Å²) in [5.41, 5.74) is 2.23. The van der Waals surface area contributed by atoms with Gasteiger partial charge in [-0.2, -0.15) is 5.26 Å². The van der Waals surface area contributed by atoms with E-state index in [9.17, 15) is 0 Å². The molecule has 1 unspecified atom stereocenters.